The molecule has 0 bridgehead atoms. The smallest absolute Gasteiger partial charge is 0.227 e. The van der Waals surface area contributed by atoms with Crippen LogP contribution in [0.15, 0.2) is 24.3 Å². The summed E-state index contributed by atoms with van der Waals surface area (Å²) in [5, 5.41) is 0. The van der Waals surface area contributed by atoms with Crippen LogP contribution >= 0.6 is 0 Å². The molecule has 1 amide bonds. The topological polar surface area (TPSA) is 26.8 Å². The molecule has 4 nitrogen and oxygen atoms in total. The van der Waals surface area contributed by atoms with Crippen LogP contribution in [0.3, 0.4) is 0 Å². The molecule has 2 saturated heterocycles. The number of amides is 1. The van der Waals surface area contributed by atoms with Crippen molar-refractivity contribution in [3.05, 3.63) is 35.4 Å². The fourth-order valence-corrected chi connectivity index (χ4v) is 4.33. The Labute approximate surface area is 152 Å². The number of carbonyl (C=O) groups is 1. The number of benzene rings is 1. The van der Waals surface area contributed by atoms with Gasteiger partial charge in [-0.3, -0.25) is 14.6 Å². The number of aryl methyl sites for hydroxylation is 1. The zero-order valence-electron chi connectivity index (χ0n) is 15.9. The van der Waals surface area contributed by atoms with Gasteiger partial charge in [0.25, 0.3) is 0 Å². The van der Waals surface area contributed by atoms with Gasteiger partial charge in [-0.2, -0.15) is 0 Å². The van der Waals surface area contributed by atoms with Crippen LogP contribution in [0.1, 0.15) is 37.3 Å². The Kier molecular flexibility index (Phi) is 6.49. The molecule has 2 aliphatic heterocycles. The molecule has 0 aliphatic carbocycles. The average molecular weight is 344 g/mol. The lowest BCUT2D eigenvalue weighted by Crippen LogP contribution is -2.42. The summed E-state index contributed by atoms with van der Waals surface area (Å²) in [7, 11) is 0. The van der Waals surface area contributed by atoms with Crippen molar-refractivity contribution in [2.24, 2.45) is 0 Å². The van der Waals surface area contributed by atoms with Crippen molar-refractivity contribution in [1.29, 1.82) is 0 Å². The predicted octanol–water partition coefficient (Wildman–Crippen LogP) is 2.56. The fourth-order valence-electron chi connectivity index (χ4n) is 4.33. The summed E-state index contributed by atoms with van der Waals surface area (Å²) in [5.41, 5.74) is 2.36. The molecule has 2 fully saturated rings. The largest absolute Gasteiger partial charge is 0.341 e. The highest BCUT2D eigenvalue weighted by Crippen LogP contribution is 2.18. The van der Waals surface area contributed by atoms with Crippen molar-refractivity contribution < 1.29 is 4.79 Å². The van der Waals surface area contributed by atoms with Gasteiger partial charge in [0.05, 0.1) is 6.42 Å². The van der Waals surface area contributed by atoms with Gasteiger partial charge in [-0.05, 0) is 51.4 Å². The van der Waals surface area contributed by atoms with Crippen molar-refractivity contribution in [2.75, 3.05) is 45.8 Å². The minimum Gasteiger partial charge on any atom is -0.341 e. The van der Waals surface area contributed by atoms with E-state index in [0.717, 1.165) is 44.2 Å². The van der Waals surface area contributed by atoms with Crippen molar-refractivity contribution in [1.82, 2.24) is 14.7 Å². The standard InChI is InChI=1S/C21H33N3O/c1-3-23-11-5-9-20(23)17-22-10-6-12-24(14-13-22)21(25)16-19-8-4-7-18(2)15-19/h4,7-8,15,20H,3,5-6,9-14,16-17H2,1-2H3. The average Bonchev–Trinajstić information content (AvgIpc) is 2.90. The number of rotatable bonds is 5. The van der Waals surface area contributed by atoms with Gasteiger partial charge in [0.1, 0.15) is 0 Å². The van der Waals surface area contributed by atoms with Crippen molar-refractivity contribution >= 4 is 5.91 Å². The second-order valence-electron chi connectivity index (χ2n) is 7.63. The van der Waals surface area contributed by atoms with Gasteiger partial charge >= 0.3 is 0 Å². The third kappa shape index (κ3) is 5.05. The van der Waals surface area contributed by atoms with Crippen molar-refractivity contribution in [2.45, 2.75) is 45.6 Å². The molecule has 2 heterocycles. The molecule has 0 saturated carbocycles. The van der Waals surface area contributed by atoms with Gasteiger partial charge < -0.3 is 4.90 Å². The van der Waals surface area contributed by atoms with Crippen LogP contribution in [0.4, 0.5) is 0 Å². The highest BCUT2D eigenvalue weighted by molar-refractivity contribution is 5.78. The van der Waals surface area contributed by atoms with Gasteiger partial charge in [0.2, 0.25) is 5.91 Å². The van der Waals surface area contributed by atoms with E-state index in [4.69, 9.17) is 0 Å². The van der Waals surface area contributed by atoms with Crippen LogP contribution in [-0.4, -0.2) is 72.5 Å². The van der Waals surface area contributed by atoms with Crippen molar-refractivity contribution in [3.8, 4) is 0 Å². The Bertz CT molecular complexity index is 574. The molecule has 1 aromatic carbocycles. The van der Waals surface area contributed by atoms with Crippen LogP contribution in [0, 0.1) is 6.92 Å². The zero-order valence-corrected chi connectivity index (χ0v) is 15.9. The third-order valence-electron chi connectivity index (χ3n) is 5.75. The molecule has 0 N–H and O–H groups in total. The highest BCUT2D eigenvalue weighted by Gasteiger charge is 2.26. The Morgan fingerprint density at radius 1 is 1.12 bits per heavy atom. The molecule has 25 heavy (non-hydrogen) atoms. The minimum absolute atomic E-state index is 0.281. The van der Waals surface area contributed by atoms with Crippen molar-refractivity contribution in [3.63, 3.8) is 0 Å². The molecule has 138 valence electrons. The summed E-state index contributed by atoms with van der Waals surface area (Å²) in [4.78, 5) is 20.0. The van der Waals surface area contributed by atoms with Crippen LogP contribution in [0.2, 0.25) is 0 Å². The Hall–Kier alpha value is -1.39. The van der Waals surface area contributed by atoms with Gasteiger partial charge in [-0.1, -0.05) is 36.8 Å². The van der Waals surface area contributed by atoms with E-state index in [2.05, 4.69) is 46.7 Å². The maximum atomic E-state index is 12.7. The summed E-state index contributed by atoms with van der Waals surface area (Å²) in [6.45, 7) is 11.9. The third-order valence-corrected chi connectivity index (χ3v) is 5.75. The Balaban J connectivity index is 1.50. The molecule has 1 atom stereocenters. The Morgan fingerprint density at radius 3 is 2.80 bits per heavy atom. The number of hydrogen-bond donors (Lipinski definition) is 0. The lowest BCUT2D eigenvalue weighted by molar-refractivity contribution is -0.130. The summed E-state index contributed by atoms with van der Waals surface area (Å²) in [6.07, 6.45) is 4.31. The fraction of sp³-hybridized carbons (Fsp3) is 0.667. The van der Waals surface area contributed by atoms with Crippen LogP contribution < -0.4 is 0 Å². The van der Waals surface area contributed by atoms with Gasteiger partial charge in [-0.15, -0.1) is 0 Å². The molecule has 1 unspecified atom stereocenters. The highest BCUT2D eigenvalue weighted by atomic mass is 16.2. The molecule has 0 aromatic heterocycles. The van der Waals surface area contributed by atoms with Crippen LogP contribution in [0.25, 0.3) is 0 Å². The van der Waals surface area contributed by atoms with E-state index in [9.17, 15) is 4.79 Å². The van der Waals surface area contributed by atoms with Gasteiger partial charge in [0.15, 0.2) is 0 Å². The summed E-state index contributed by atoms with van der Waals surface area (Å²) in [6, 6.07) is 9.04. The monoisotopic (exact) mass is 343 g/mol. The van der Waals surface area contributed by atoms with E-state index in [-0.39, 0.29) is 5.91 Å². The van der Waals surface area contributed by atoms with E-state index >= 15 is 0 Å². The second kappa shape index (κ2) is 8.81. The van der Waals surface area contributed by atoms with E-state index in [1.807, 2.05) is 6.07 Å². The number of hydrogen-bond acceptors (Lipinski definition) is 3. The predicted molar refractivity (Wildman–Crippen MR) is 103 cm³/mol. The maximum Gasteiger partial charge on any atom is 0.227 e. The minimum atomic E-state index is 0.281. The second-order valence-corrected chi connectivity index (χ2v) is 7.63. The molecular weight excluding hydrogens is 310 g/mol. The quantitative estimate of drug-likeness (QED) is 0.822. The molecule has 0 radical (unpaired) electrons. The van der Waals surface area contributed by atoms with Crippen LogP contribution in [-0.2, 0) is 11.2 Å². The van der Waals surface area contributed by atoms with E-state index in [0.29, 0.717) is 6.42 Å². The number of nitrogens with zero attached hydrogens (tertiary/aromatic N) is 3. The first-order valence-electron chi connectivity index (χ1n) is 9.95. The van der Waals surface area contributed by atoms with Gasteiger partial charge in [0, 0.05) is 32.2 Å². The SMILES string of the molecule is CCN1CCCC1CN1CCCN(C(=O)Cc2cccc(C)c2)CC1. The molecule has 3 rings (SSSR count). The molecule has 1 aromatic rings. The summed E-state index contributed by atoms with van der Waals surface area (Å²) < 4.78 is 0. The van der Waals surface area contributed by atoms with E-state index in [1.54, 1.807) is 0 Å². The first-order chi connectivity index (χ1) is 12.2. The number of likely N-dealkylation sites (tertiary alicyclic amines) is 1. The lowest BCUT2D eigenvalue weighted by atomic mass is 10.1. The number of carbonyl (C=O) groups excluding carboxylic acids is 1. The van der Waals surface area contributed by atoms with E-state index in [1.165, 1.54) is 38.0 Å². The van der Waals surface area contributed by atoms with Crippen LogP contribution in [0.5, 0.6) is 0 Å². The summed E-state index contributed by atoms with van der Waals surface area (Å²) >= 11 is 0. The lowest BCUT2D eigenvalue weighted by Gasteiger charge is -2.29. The summed E-state index contributed by atoms with van der Waals surface area (Å²) in [5.74, 6) is 0.281. The molecular formula is C21H33N3O. The molecule has 4 heteroatoms. The first kappa shape index (κ1) is 18.4. The number of likely N-dealkylation sites (N-methyl/N-ethyl adjacent to an activating group) is 1. The maximum absolute atomic E-state index is 12.7. The zero-order chi connectivity index (χ0) is 17.6. The Morgan fingerprint density at radius 2 is 2.00 bits per heavy atom. The van der Waals surface area contributed by atoms with Gasteiger partial charge in [-0.25, -0.2) is 0 Å². The molecule has 2 aliphatic rings. The molecule has 0 spiro atoms. The van der Waals surface area contributed by atoms with E-state index < -0.39 is 0 Å². The first-order valence-corrected chi connectivity index (χ1v) is 9.95. The normalized spacial score (nSPS) is 23.0.